The van der Waals surface area contributed by atoms with Gasteiger partial charge in [0, 0.05) is 11.8 Å². The summed E-state index contributed by atoms with van der Waals surface area (Å²) in [5, 5.41) is 3.18. The minimum atomic E-state index is -0.491. The number of ether oxygens (including phenoxy) is 2. The molecule has 1 aromatic heterocycles. The first kappa shape index (κ1) is 18.6. The topological polar surface area (TPSA) is 73.3 Å². The van der Waals surface area contributed by atoms with Crippen molar-refractivity contribution in [1.82, 2.24) is 9.97 Å². The van der Waals surface area contributed by atoms with E-state index in [4.69, 9.17) is 9.47 Å². The number of esters is 1. The van der Waals surface area contributed by atoms with Gasteiger partial charge in [-0.2, -0.15) is 0 Å². The van der Waals surface area contributed by atoms with Crippen molar-refractivity contribution >= 4 is 28.5 Å². The molecule has 0 atom stereocenters. The molecule has 2 aromatic carbocycles. The lowest BCUT2D eigenvalue weighted by Gasteiger charge is -2.13. The molecule has 3 aromatic rings. The van der Waals surface area contributed by atoms with Gasteiger partial charge >= 0.3 is 5.97 Å². The number of methoxy groups -OCH3 is 1. The minimum absolute atomic E-state index is 0.169. The maximum atomic E-state index is 12.5. The first-order valence-electron chi connectivity index (χ1n) is 8.89. The van der Waals surface area contributed by atoms with E-state index in [1.165, 1.54) is 0 Å². The fourth-order valence-electron chi connectivity index (χ4n) is 2.64. The molecule has 0 saturated heterocycles. The van der Waals surface area contributed by atoms with E-state index in [2.05, 4.69) is 15.3 Å². The van der Waals surface area contributed by atoms with E-state index in [0.717, 1.165) is 28.8 Å². The number of aromatic nitrogens is 2. The Labute approximate surface area is 158 Å². The molecule has 27 heavy (non-hydrogen) atoms. The number of carbonyl (C=O) groups is 1. The lowest BCUT2D eigenvalue weighted by molar-refractivity contribution is 0.0499. The summed E-state index contributed by atoms with van der Waals surface area (Å²) >= 11 is 0. The SMILES string of the molecule is CCCOC(=O)c1nc2cc(C)c(C)cc2nc1Nc1cccc(OC)c1. The molecule has 1 N–H and O–H groups in total. The van der Waals surface area contributed by atoms with Gasteiger partial charge in [0.2, 0.25) is 0 Å². The number of hydrogen-bond donors (Lipinski definition) is 1. The van der Waals surface area contributed by atoms with Crippen molar-refractivity contribution in [2.75, 3.05) is 19.0 Å². The number of rotatable bonds is 6. The summed E-state index contributed by atoms with van der Waals surface area (Å²) in [5.74, 6) is 0.574. The minimum Gasteiger partial charge on any atom is -0.497 e. The largest absolute Gasteiger partial charge is 0.497 e. The Morgan fingerprint density at radius 2 is 1.78 bits per heavy atom. The molecule has 0 fully saturated rings. The fraction of sp³-hybridized carbons (Fsp3) is 0.286. The standard InChI is InChI=1S/C21H23N3O3/c1-5-9-27-21(25)19-20(22-15-7-6-8-16(12-15)26-4)24-18-11-14(3)13(2)10-17(18)23-19/h6-8,10-12H,5,9H2,1-4H3,(H,22,24). The van der Waals surface area contributed by atoms with Crippen molar-refractivity contribution in [2.45, 2.75) is 27.2 Å². The van der Waals surface area contributed by atoms with Gasteiger partial charge in [-0.25, -0.2) is 14.8 Å². The molecule has 0 saturated carbocycles. The second-order valence-corrected chi connectivity index (χ2v) is 6.34. The zero-order valence-electron chi connectivity index (χ0n) is 16.0. The van der Waals surface area contributed by atoms with Crippen molar-refractivity contribution in [1.29, 1.82) is 0 Å². The highest BCUT2D eigenvalue weighted by Crippen LogP contribution is 2.25. The lowest BCUT2D eigenvalue weighted by Crippen LogP contribution is -2.13. The molecular formula is C21H23N3O3. The molecular weight excluding hydrogens is 342 g/mol. The average molecular weight is 365 g/mol. The smallest absolute Gasteiger partial charge is 0.360 e. The van der Waals surface area contributed by atoms with E-state index in [1.54, 1.807) is 7.11 Å². The van der Waals surface area contributed by atoms with Gasteiger partial charge in [0.15, 0.2) is 11.5 Å². The Kier molecular flexibility index (Phi) is 5.54. The zero-order valence-corrected chi connectivity index (χ0v) is 16.0. The summed E-state index contributed by atoms with van der Waals surface area (Å²) < 4.78 is 10.6. The van der Waals surface area contributed by atoms with Crippen LogP contribution in [0, 0.1) is 13.8 Å². The summed E-state index contributed by atoms with van der Waals surface area (Å²) in [5.41, 5.74) is 4.51. The zero-order chi connectivity index (χ0) is 19.4. The predicted octanol–water partition coefficient (Wildman–Crippen LogP) is 4.57. The second-order valence-electron chi connectivity index (χ2n) is 6.34. The number of nitrogens with zero attached hydrogens (tertiary/aromatic N) is 2. The summed E-state index contributed by atoms with van der Waals surface area (Å²) in [6.07, 6.45) is 0.740. The summed E-state index contributed by atoms with van der Waals surface area (Å²) in [4.78, 5) is 21.7. The quantitative estimate of drug-likeness (QED) is 0.645. The van der Waals surface area contributed by atoms with Crippen molar-refractivity contribution in [3.05, 3.63) is 53.2 Å². The average Bonchev–Trinajstić information content (AvgIpc) is 2.67. The van der Waals surface area contributed by atoms with Gasteiger partial charge in [-0.3, -0.25) is 0 Å². The highest BCUT2D eigenvalue weighted by Gasteiger charge is 2.19. The van der Waals surface area contributed by atoms with Crippen molar-refractivity contribution in [2.24, 2.45) is 0 Å². The van der Waals surface area contributed by atoms with Crippen LogP contribution in [0.5, 0.6) is 5.75 Å². The molecule has 0 unspecified atom stereocenters. The number of carbonyl (C=O) groups excluding carboxylic acids is 1. The van der Waals surface area contributed by atoms with Crippen LogP contribution in [0.2, 0.25) is 0 Å². The first-order valence-corrected chi connectivity index (χ1v) is 8.89. The molecule has 0 radical (unpaired) electrons. The van der Waals surface area contributed by atoms with E-state index >= 15 is 0 Å². The van der Waals surface area contributed by atoms with Crippen LogP contribution in [0.4, 0.5) is 11.5 Å². The molecule has 0 aliphatic rings. The third kappa shape index (κ3) is 4.16. The van der Waals surface area contributed by atoms with Gasteiger partial charge in [0.05, 0.1) is 24.8 Å². The van der Waals surface area contributed by atoms with E-state index in [1.807, 2.05) is 57.2 Å². The molecule has 6 nitrogen and oxygen atoms in total. The summed E-state index contributed by atoms with van der Waals surface area (Å²) in [7, 11) is 1.60. The van der Waals surface area contributed by atoms with E-state index < -0.39 is 5.97 Å². The Morgan fingerprint density at radius 3 is 2.44 bits per heavy atom. The van der Waals surface area contributed by atoms with E-state index in [0.29, 0.717) is 23.7 Å². The molecule has 3 rings (SSSR count). The van der Waals surface area contributed by atoms with Crippen LogP contribution in [0.3, 0.4) is 0 Å². The van der Waals surface area contributed by atoms with Gasteiger partial charge in [-0.05, 0) is 55.7 Å². The fourth-order valence-corrected chi connectivity index (χ4v) is 2.64. The van der Waals surface area contributed by atoms with Crippen LogP contribution in [0.15, 0.2) is 36.4 Å². The molecule has 6 heteroatoms. The number of fused-ring (bicyclic) bond motifs is 1. The lowest BCUT2D eigenvalue weighted by atomic mass is 10.1. The molecule has 140 valence electrons. The second kappa shape index (κ2) is 8.03. The molecule has 0 aliphatic heterocycles. The van der Waals surface area contributed by atoms with Crippen LogP contribution in [0.1, 0.15) is 35.0 Å². The Hall–Kier alpha value is -3.15. The molecule has 0 spiro atoms. The normalized spacial score (nSPS) is 10.7. The summed E-state index contributed by atoms with van der Waals surface area (Å²) in [6, 6.07) is 11.3. The Bertz CT molecular complexity index is 986. The first-order chi connectivity index (χ1) is 13.0. The van der Waals surface area contributed by atoms with Gasteiger partial charge in [-0.1, -0.05) is 13.0 Å². The third-order valence-electron chi connectivity index (χ3n) is 4.24. The molecule has 0 amide bonds. The van der Waals surface area contributed by atoms with Gasteiger partial charge in [0.1, 0.15) is 5.75 Å². The van der Waals surface area contributed by atoms with E-state index in [-0.39, 0.29) is 5.69 Å². The maximum Gasteiger partial charge on any atom is 0.360 e. The predicted molar refractivity (Wildman–Crippen MR) is 106 cm³/mol. The number of aryl methyl sites for hydroxylation is 2. The van der Waals surface area contributed by atoms with Crippen molar-refractivity contribution in [3.63, 3.8) is 0 Å². The monoisotopic (exact) mass is 365 g/mol. The van der Waals surface area contributed by atoms with Gasteiger partial charge < -0.3 is 14.8 Å². The van der Waals surface area contributed by atoms with Crippen LogP contribution >= 0.6 is 0 Å². The Morgan fingerprint density at radius 1 is 1.07 bits per heavy atom. The molecule has 0 bridgehead atoms. The Balaban J connectivity index is 2.08. The van der Waals surface area contributed by atoms with Crippen LogP contribution < -0.4 is 10.1 Å². The van der Waals surface area contributed by atoms with Gasteiger partial charge in [-0.15, -0.1) is 0 Å². The van der Waals surface area contributed by atoms with Crippen LogP contribution in [0.25, 0.3) is 11.0 Å². The summed E-state index contributed by atoms with van der Waals surface area (Å²) in [6.45, 7) is 6.31. The highest BCUT2D eigenvalue weighted by atomic mass is 16.5. The number of anilines is 2. The number of hydrogen-bond acceptors (Lipinski definition) is 6. The van der Waals surface area contributed by atoms with Crippen LogP contribution in [-0.4, -0.2) is 29.7 Å². The number of benzene rings is 2. The van der Waals surface area contributed by atoms with E-state index in [9.17, 15) is 4.79 Å². The van der Waals surface area contributed by atoms with Crippen LogP contribution in [-0.2, 0) is 4.74 Å². The third-order valence-corrected chi connectivity index (χ3v) is 4.24. The number of nitrogens with one attached hydrogen (secondary N) is 1. The molecule has 1 heterocycles. The maximum absolute atomic E-state index is 12.5. The van der Waals surface area contributed by atoms with Crippen molar-refractivity contribution < 1.29 is 14.3 Å². The van der Waals surface area contributed by atoms with Gasteiger partial charge in [0.25, 0.3) is 0 Å². The van der Waals surface area contributed by atoms with Crippen molar-refractivity contribution in [3.8, 4) is 5.75 Å². The molecule has 0 aliphatic carbocycles. The highest BCUT2D eigenvalue weighted by molar-refractivity contribution is 5.96.